The number of benzene rings is 2. The van der Waals surface area contributed by atoms with E-state index in [9.17, 15) is 4.79 Å². The molecule has 2 aromatic rings. The zero-order valence-corrected chi connectivity index (χ0v) is 13.6. The Morgan fingerprint density at radius 3 is 2.57 bits per heavy atom. The van der Waals surface area contributed by atoms with Gasteiger partial charge in [-0.05, 0) is 31.2 Å². The van der Waals surface area contributed by atoms with Crippen molar-refractivity contribution in [2.75, 3.05) is 11.9 Å². The van der Waals surface area contributed by atoms with Crippen LogP contribution in [0.4, 0.5) is 5.69 Å². The highest BCUT2D eigenvalue weighted by molar-refractivity contribution is 8.03. The van der Waals surface area contributed by atoms with E-state index in [2.05, 4.69) is 4.99 Å². The van der Waals surface area contributed by atoms with Crippen molar-refractivity contribution < 1.29 is 9.53 Å². The average molecular weight is 322 g/mol. The number of cyclic esters (lactones) is 1. The Labute approximate surface area is 138 Å². The van der Waals surface area contributed by atoms with Crippen molar-refractivity contribution in [3.8, 4) is 0 Å². The second-order valence-electron chi connectivity index (χ2n) is 5.46. The second kappa shape index (κ2) is 5.28. The van der Waals surface area contributed by atoms with Crippen molar-refractivity contribution in [2.24, 2.45) is 4.99 Å². The van der Waals surface area contributed by atoms with Crippen LogP contribution in [-0.4, -0.2) is 18.9 Å². The number of esters is 1. The summed E-state index contributed by atoms with van der Waals surface area (Å²) in [5.41, 5.74) is 3.40. The maximum Gasteiger partial charge on any atom is 0.366 e. The minimum Gasteiger partial charge on any atom is -0.402 e. The summed E-state index contributed by atoms with van der Waals surface area (Å²) in [6.07, 6.45) is 0. The van der Waals surface area contributed by atoms with E-state index in [0.717, 1.165) is 26.7 Å². The van der Waals surface area contributed by atoms with Crippen LogP contribution in [0.2, 0.25) is 0 Å². The highest BCUT2D eigenvalue weighted by Gasteiger charge is 2.33. The smallest absolute Gasteiger partial charge is 0.366 e. The van der Waals surface area contributed by atoms with Crippen molar-refractivity contribution in [1.29, 1.82) is 0 Å². The molecule has 4 nitrogen and oxygen atoms in total. The summed E-state index contributed by atoms with van der Waals surface area (Å²) in [5, 5.41) is 0.804. The quantitative estimate of drug-likeness (QED) is 0.593. The Kier molecular flexibility index (Phi) is 3.23. The Bertz CT molecular complexity index is 869. The molecule has 0 aliphatic carbocycles. The van der Waals surface area contributed by atoms with Gasteiger partial charge in [0, 0.05) is 17.5 Å². The van der Waals surface area contributed by atoms with Crippen LogP contribution in [0.5, 0.6) is 0 Å². The topological polar surface area (TPSA) is 41.9 Å². The first-order chi connectivity index (χ1) is 11.1. The lowest BCUT2D eigenvalue weighted by Gasteiger charge is -2.13. The number of carbonyl (C=O) groups excluding carboxylic acids is 1. The van der Waals surface area contributed by atoms with Gasteiger partial charge in [0.2, 0.25) is 5.90 Å². The first-order valence-electron chi connectivity index (χ1n) is 7.26. The molecule has 114 valence electrons. The van der Waals surface area contributed by atoms with E-state index in [4.69, 9.17) is 4.74 Å². The van der Waals surface area contributed by atoms with E-state index in [1.165, 1.54) is 0 Å². The fraction of sp³-hybridized carbons (Fsp3) is 0.111. The molecule has 0 atom stereocenters. The van der Waals surface area contributed by atoms with E-state index in [1.54, 1.807) is 11.8 Å². The molecule has 0 saturated heterocycles. The molecule has 5 heteroatoms. The zero-order chi connectivity index (χ0) is 16.0. The fourth-order valence-corrected chi connectivity index (χ4v) is 3.70. The van der Waals surface area contributed by atoms with Gasteiger partial charge in [-0.25, -0.2) is 9.79 Å². The van der Waals surface area contributed by atoms with Crippen molar-refractivity contribution >= 4 is 29.3 Å². The summed E-state index contributed by atoms with van der Waals surface area (Å²) in [7, 11) is 1.94. The van der Waals surface area contributed by atoms with Crippen LogP contribution in [0.3, 0.4) is 0 Å². The summed E-state index contributed by atoms with van der Waals surface area (Å²) in [6.45, 7) is 2.01. The molecule has 0 spiro atoms. The fourth-order valence-electron chi connectivity index (χ4n) is 2.57. The molecule has 2 aromatic carbocycles. The predicted molar refractivity (Wildman–Crippen MR) is 91.5 cm³/mol. The highest BCUT2D eigenvalue weighted by atomic mass is 32.2. The number of nitrogens with zero attached hydrogens (tertiary/aromatic N) is 2. The van der Waals surface area contributed by atoms with Crippen molar-refractivity contribution in [2.45, 2.75) is 11.8 Å². The molecular formula is C18H14N2O2S. The number of anilines is 1. The standard InChI is InChI=1S/C18H14N2O2S/c1-11-7-9-12(10-8-11)16-19-15(18(21)22-16)17-20(2)13-5-3-4-6-14(13)23-17/h3-10H,1-2H3. The van der Waals surface area contributed by atoms with Crippen LogP contribution in [-0.2, 0) is 9.53 Å². The minimum absolute atomic E-state index is 0.363. The lowest BCUT2D eigenvalue weighted by molar-refractivity contribution is -0.130. The molecule has 0 fully saturated rings. The second-order valence-corrected chi connectivity index (χ2v) is 6.49. The molecule has 0 bridgehead atoms. The number of carbonyl (C=O) groups is 1. The largest absolute Gasteiger partial charge is 0.402 e. The number of fused-ring (bicyclic) bond motifs is 1. The zero-order valence-electron chi connectivity index (χ0n) is 12.7. The van der Waals surface area contributed by atoms with Crippen LogP contribution in [0.1, 0.15) is 11.1 Å². The molecule has 0 amide bonds. The third-order valence-corrected chi connectivity index (χ3v) is 5.06. The van der Waals surface area contributed by atoms with E-state index < -0.39 is 5.97 Å². The SMILES string of the molecule is Cc1ccc(C2=NC(=C3Sc4ccccc4N3C)C(=O)O2)cc1. The summed E-state index contributed by atoms with van der Waals surface area (Å²) in [6, 6.07) is 15.8. The summed E-state index contributed by atoms with van der Waals surface area (Å²) >= 11 is 1.54. The Hall–Kier alpha value is -2.53. The number of thioether (sulfide) groups is 1. The number of aliphatic imine (C=N–C) groups is 1. The van der Waals surface area contributed by atoms with Gasteiger partial charge in [0.1, 0.15) is 5.03 Å². The van der Waals surface area contributed by atoms with Crippen LogP contribution in [0.15, 0.2) is 69.1 Å². The van der Waals surface area contributed by atoms with Gasteiger partial charge in [-0.1, -0.05) is 41.6 Å². The molecule has 2 heterocycles. The molecular weight excluding hydrogens is 308 g/mol. The van der Waals surface area contributed by atoms with Crippen LogP contribution >= 0.6 is 11.8 Å². The van der Waals surface area contributed by atoms with Gasteiger partial charge in [0.15, 0.2) is 5.70 Å². The number of hydrogen-bond acceptors (Lipinski definition) is 5. The number of aryl methyl sites for hydroxylation is 1. The molecule has 4 rings (SSSR count). The summed E-state index contributed by atoms with van der Waals surface area (Å²) in [4.78, 5) is 19.8. The van der Waals surface area contributed by atoms with Crippen molar-refractivity contribution in [3.63, 3.8) is 0 Å². The van der Waals surface area contributed by atoms with Crippen LogP contribution in [0, 0.1) is 6.92 Å². The van der Waals surface area contributed by atoms with Gasteiger partial charge < -0.3 is 9.64 Å². The van der Waals surface area contributed by atoms with Crippen molar-refractivity contribution in [1.82, 2.24) is 0 Å². The van der Waals surface area contributed by atoms with Gasteiger partial charge in [0.05, 0.1) is 5.69 Å². The first-order valence-corrected chi connectivity index (χ1v) is 8.08. The molecule has 0 saturated carbocycles. The minimum atomic E-state index is -0.400. The maximum atomic E-state index is 12.3. The molecule has 2 aliphatic rings. The Balaban J connectivity index is 1.75. The number of hydrogen-bond donors (Lipinski definition) is 0. The van der Waals surface area contributed by atoms with Gasteiger partial charge in [-0.3, -0.25) is 0 Å². The monoisotopic (exact) mass is 322 g/mol. The van der Waals surface area contributed by atoms with Gasteiger partial charge in [-0.2, -0.15) is 0 Å². The van der Waals surface area contributed by atoms with Gasteiger partial charge in [-0.15, -0.1) is 0 Å². The Morgan fingerprint density at radius 2 is 1.83 bits per heavy atom. The first kappa shape index (κ1) is 14.1. The summed E-state index contributed by atoms with van der Waals surface area (Å²) < 4.78 is 5.37. The molecule has 0 N–H and O–H groups in total. The molecule has 23 heavy (non-hydrogen) atoms. The molecule has 0 aromatic heterocycles. The van der Waals surface area contributed by atoms with Gasteiger partial charge in [0.25, 0.3) is 0 Å². The molecule has 0 radical (unpaired) electrons. The lowest BCUT2D eigenvalue weighted by Crippen LogP contribution is -2.14. The maximum absolute atomic E-state index is 12.3. The highest BCUT2D eigenvalue weighted by Crippen LogP contribution is 2.46. The normalized spacial score (nSPS) is 19.7. The number of para-hydroxylation sites is 1. The van der Waals surface area contributed by atoms with E-state index in [1.807, 2.05) is 67.4 Å². The van der Waals surface area contributed by atoms with E-state index >= 15 is 0 Å². The van der Waals surface area contributed by atoms with E-state index in [0.29, 0.717) is 11.6 Å². The summed E-state index contributed by atoms with van der Waals surface area (Å²) in [5.74, 6) is -0.0369. The van der Waals surface area contributed by atoms with Crippen LogP contribution in [0.25, 0.3) is 0 Å². The Morgan fingerprint density at radius 1 is 1.09 bits per heavy atom. The number of rotatable bonds is 1. The van der Waals surface area contributed by atoms with Crippen LogP contribution < -0.4 is 4.90 Å². The third kappa shape index (κ3) is 2.33. The average Bonchev–Trinajstić information content (AvgIpc) is 3.09. The number of ether oxygens (including phenoxy) is 1. The molecule has 2 aliphatic heterocycles. The third-order valence-electron chi connectivity index (χ3n) is 3.84. The van der Waals surface area contributed by atoms with Crippen molar-refractivity contribution in [3.05, 3.63) is 70.4 Å². The lowest BCUT2D eigenvalue weighted by atomic mass is 10.1. The predicted octanol–water partition coefficient (Wildman–Crippen LogP) is 3.71. The van der Waals surface area contributed by atoms with Gasteiger partial charge >= 0.3 is 5.97 Å². The van der Waals surface area contributed by atoms with E-state index in [-0.39, 0.29) is 0 Å². The molecule has 0 unspecified atom stereocenters.